The van der Waals surface area contributed by atoms with Gasteiger partial charge >= 0.3 is 0 Å². The number of carbonyl (C=O) groups is 1. The highest BCUT2D eigenvalue weighted by Gasteiger charge is 2.16. The molecule has 0 aliphatic carbocycles. The molecule has 0 aliphatic heterocycles. The van der Waals surface area contributed by atoms with Crippen molar-refractivity contribution in [2.24, 2.45) is 5.14 Å². The van der Waals surface area contributed by atoms with Crippen molar-refractivity contribution in [3.8, 4) is 0 Å². The van der Waals surface area contributed by atoms with Gasteiger partial charge in [-0.05, 0) is 42.8 Å². The summed E-state index contributed by atoms with van der Waals surface area (Å²) in [6, 6.07) is 9.59. The Hall–Kier alpha value is -2.25. The molecule has 0 heterocycles. The van der Waals surface area contributed by atoms with E-state index < -0.39 is 21.7 Å². The molecule has 0 unspecified atom stereocenters. The molecule has 110 valence electrons. The van der Waals surface area contributed by atoms with Gasteiger partial charge in [-0.3, -0.25) is 4.79 Å². The van der Waals surface area contributed by atoms with Crippen LogP contribution in [0.4, 0.5) is 10.1 Å². The summed E-state index contributed by atoms with van der Waals surface area (Å²) in [5.41, 5.74) is 0.725. The van der Waals surface area contributed by atoms with Crippen molar-refractivity contribution >= 4 is 21.6 Å². The molecule has 1 amide bonds. The predicted octanol–water partition coefficient (Wildman–Crippen LogP) is 2.03. The van der Waals surface area contributed by atoms with E-state index in [4.69, 9.17) is 5.14 Å². The summed E-state index contributed by atoms with van der Waals surface area (Å²) in [6.45, 7) is 1.65. The Balaban J connectivity index is 2.37. The lowest BCUT2D eigenvalue weighted by Crippen LogP contribution is -2.18. The third-order valence-corrected chi connectivity index (χ3v) is 3.72. The quantitative estimate of drug-likeness (QED) is 0.909. The number of primary sulfonamides is 1. The number of nitrogens with one attached hydrogen (secondary N) is 1. The van der Waals surface area contributed by atoms with E-state index in [9.17, 15) is 17.6 Å². The van der Waals surface area contributed by atoms with Gasteiger partial charge in [0.25, 0.3) is 5.91 Å². The fourth-order valence-electron chi connectivity index (χ4n) is 1.88. The van der Waals surface area contributed by atoms with Crippen LogP contribution in [-0.2, 0) is 10.0 Å². The van der Waals surface area contributed by atoms with Crippen LogP contribution in [0.5, 0.6) is 0 Å². The first-order chi connectivity index (χ1) is 9.77. The van der Waals surface area contributed by atoms with Gasteiger partial charge in [-0.2, -0.15) is 0 Å². The summed E-state index contributed by atoms with van der Waals surface area (Å²) in [5, 5.41) is 7.50. The molecule has 0 saturated heterocycles. The van der Waals surface area contributed by atoms with Gasteiger partial charge in [-0.15, -0.1) is 0 Å². The summed E-state index contributed by atoms with van der Waals surface area (Å²) in [5.74, 6) is -1.16. The van der Waals surface area contributed by atoms with Gasteiger partial charge in [0.1, 0.15) is 10.7 Å². The molecule has 0 fully saturated rings. The minimum absolute atomic E-state index is 0.0481. The van der Waals surface area contributed by atoms with Crippen LogP contribution in [0, 0.1) is 12.7 Å². The van der Waals surface area contributed by atoms with E-state index in [1.807, 2.05) is 0 Å². The van der Waals surface area contributed by atoms with Gasteiger partial charge in [0.15, 0.2) is 0 Å². The minimum atomic E-state index is -3.97. The van der Waals surface area contributed by atoms with E-state index in [0.717, 1.165) is 6.07 Å². The molecule has 0 aliphatic rings. The fourth-order valence-corrected chi connectivity index (χ4v) is 2.57. The molecule has 2 rings (SSSR count). The zero-order valence-electron chi connectivity index (χ0n) is 11.1. The summed E-state index contributed by atoms with van der Waals surface area (Å²) in [7, 11) is -3.97. The highest BCUT2D eigenvalue weighted by molar-refractivity contribution is 7.89. The number of nitrogens with two attached hydrogens (primary N) is 1. The number of hydrogen-bond acceptors (Lipinski definition) is 3. The van der Waals surface area contributed by atoms with Crippen LogP contribution in [0.2, 0.25) is 0 Å². The van der Waals surface area contributed by atoms with Crippen LogP contribution in [0.25, 0.3) is 0 Å². The zero-order chi connectivity index (χ0) is 15.6. The first-order valence-electron chi connectivity index (χ1n) is 5.98. The zero-order valence-corrected chi connectivity index (χ0v) is 11.9. The standard InChI is InChI=1S/C14H13FN2O3S/c1-9-6-10(8-11(15)7-9)14(18)17-12-4-2-3-5-13(12)21(16,19)20/h2-8H,1H3,(H,17,18)(H2,16,19,20). The summed E-state index contributed by atoms with van der Waals surface area (Å²) in [6.07, 6.45) is 0. The minimum Gasteiger partial charge on any atom is -0.321 e. The maximum atomic E-state index is 13.3. The SMILES string of the molecule is Cc1cc(F)cc(C(=O)Nc2ccccc2S(N)(=O)=O)c1. The number of aryl methyl sites for hydroxylation is 1. The van der Waals surface area contributed by atoms with Crippen molar-refractivity contribution < 1.29 is 17.6 Å². The summed E-state index contributed by atoms with van der Waals surface area (Å²) in [4.78, 5) is 11.9. The Bertz CT molecular complexity index is 783. The number of para-hydroxylation sites is 1. The first kappa shape index (κ1) is 15.1. The van der Waals surface area contributed by atoms with Crippen LogP contribution < -0.4 is 10.5 Å². The van der Waals surface area contributed by atoms with Crippen molar-refractivity contribution in [1.29, 1.82) is 0 Å². The fraction of sp³-hybridized carbons (Fsp3) is 0.0714. The summed E-state index contributed by atoms with van der Waals surface area (Å²) < 4.78 is 36.2. The lowest BCUT2D eigenvalue weighted by molar-refractivity contribution is 0.102. The van der Waals surface area contributed by atoms with E-state index in [1.54, 1.807) is 13.0 Å². The van der Waals surface area contributed by atoms with Crippen molar-refractivity contribution in [2.75, 3.05) is 5.32 Å². The molecule has 0 bridgehead atoms. The molecule has 2 aromatic rings. The second-order valence-corrected chi connectivity index (χ2v) is 6.04. The molecule has 0 aromatic heterocycles. The normalized spacial score (nSPS) is 11.2. The van der Waals surface area contributed by atoms with Gasteiger partial charge in [-0.1, -0.05) is 12.1 Å². The van der Waals surface area contributed by atoms with E-state index in [0.29, 0.717) is 5.56 Å². The van der Waals surface area contributed by atoms with Gasteiger partial charge in [0.2, 0.25) is 10.0 Å². The number of amides is 1. The number of hydrogen-bond donors (Lipinski definition) is 2. The smallest absolute Gasteiger partial charge is 0.255 e. The predicted molar refractivity (Wildman–Crippen MR) is 76.9 cm³/mol. The van der Waals surface area contributed by atoms with Crippen LogP contribution in [0.15, 0.2) is 47.4 Å². The van der Waals surface area contributed by atoms with Crippen molar-refractivity contribution in [3.05, 3.63) is 59.4 Å². The number of anilines is 1. The van der Waals surface area contributed by atoms with E-state index in [2.05, 4.69) is 5.32 Å². The molecule has 21 heavy (non-hydrogen) atoms. The van der Waals surface area contributed by atoms with E-state index in [1.165, 1.54) is 30.3 Å². The largest absolute Gasteiger partial charge is 0.321 e. The second kappa shape index (κ2) is 5.63. The molecular weight excluding hydrogens is 295 g/mol. The Kier molecular flexibility index (Phi) is 4.06. The molecule has 0 saturated carbocycles. The van der Waals surface area contributed by atoms with Crippen molar-refractivity contribution in [3.63, 3.8) is 0 Å². The number of benzene rings is 2. The first-order valence-corrected chi connectivity index (χ1v) is 7.52. The third kappa shape index (κ3) is 3.65. The Morgan fingerprint density at radius 1 is 1.19 bits per heavy atom. The second-order valence-electron chi connectivity index (χ2n) is 4.51. The van der Waals surface area contributed by atoms with Gasteiger partial charge in [0.05, 0.1) is 5.69 Å². The maximum Gasteiger partial charge on any atom is 0.255 e. The van der Waals surface area contributed by atoms with E-state index >= 15 is 0 Å². The van der Waals surface area contributed by atoms with Crippen molar-refractivity contribution in [1.82, 2.24) is 0 Å². The molecule has 0 spiro atoms. The number of carbonyl (C=O) groups excluding carboxylic acids is 1. The maximum absolute atomic E-state index is 13.3. The monoisotopic (exact) mass is 308 g/mol. The topological polar surface area (TPSA) is 89.3 Å². The molecule has 3 N–H and O–H groups in total. The molecule has 5 nitrogen and oxygen atoms in total. The van der Waals surface area contributed by atoms with Crippen LogP contribution >= 0.6 is 0 Å². The lowest BCUT2D eigenvalue weighted by Gasteiger charge is -2.10. The average molecular weight is 308 g/mol. The highest BCUT2D eigenvalue weighted by Crippen LogP contribution is 2.20. The van der Waals surface area contributed by atoms with Crippen LogP contribution in [-0.4, -0.2) is 14.3 Å². The molecule has 0 radical (unpaired) electrons. The van der Waals surface area contributed by atoms with Gasteiger partial charge in [0, 0.05) is 5.56 Å². The molecule has 2 aromatic carbocycles. The van der Waals surface area contributed by atoms with Crippen molar-refractivity contribution in [2.45, 2.75) is 11.8 Å². The summed E-state index contributed by atoms with van der Waals surface area (Å²) >= 11 is 0. The van der Waals surface area contributed by atoms with Crippen LogP contribution in [0.3, 0.4) is 0 Å². The van der Waals surface area contributed by atoms with E-state index in [-0.39, 0.29) is 16.1 Å². The Labute approximate surface area is 121 Å². The molecule has 0 atom stereocenters. The Morgan fingerprint density at radius 2 is 1.86 bits per heavy atom. The van der Waals surface area contributed by atoms with Gasteiger partial charge < -0.3 is 5.32 Å². The Morgan fingerprint density at radius 3 is 2.48 bits per heavy atom. The third-order valence-electron chi connectivity index (χ3n) is 2.75. The molecular formula is C14H13FN2O3S. The van der Waals surface area contributed by atoms with Crippen LogP contribution in [0.1, 0.15) is 15.9 Å². The number of halogens is 1. The number of sulfonamides is 1. The highest BCUT2D eigenvalue weighted by atomic mass is 32.2. The lowest BCUT2D eigenvalue weighted by atomic mass is 10.1. The van der Waals surface area contributed by atoms with Gasteiger partial charge in [-0.25, -0.2) is 17.9 Å². The average Bonchev–Trinajstić information content (AvgIpc) is 2.37. The molecule has 7 heteroatoms. The number of rotatable bonds is 3.